The van der Waals surface area contributed by atoms with E-state index in [0.29, 0.717) is 27.8 Å². The van der Waals surface area contributed by atoms with Crippen molar-refractivity contribution in [2.45, 2.75) is 0 Å². The Labute approximate surface area is 189 Å². The van der Waals surface area contributed by atoms with Crippen LogP contribution < -0.4 is 5.32 Å². The second-order valence-electron chi connectivity index (χ2n) is 6.37. The zero-order valence-electron chi connectivity index (χ0n) is 16.0. The van der Waals surface area contributed by atoms with Gasteiger partial charge in [0.05, 0.1) is 9.96 Å². The lowest BCUT2D eigenvalue weighted by Gasteiger charge is -2.01. The minimum Gasteiger partial charge on any atom is -0.457 e. The number of anilines is 1. The number of nitrogens with one attached hydrogen (secondary N) is 1. The number of amides is 1. The number of rotatable bonds is 6. The van der Waals surface area contributed by atoms with Crippen LogP contribution in [-0.4, -0.2) is 21.0 Å². The molecule has 0 aliphatic carbocycles. The topological polar surface area (TPSA) is 111 Å². The Balaban J connectivity index is 1.46. The van der Waals surface area contributed by atoms with Crippen molar-refractivity contribution in [1.29, 1.82) is 0 Å². The first-order valence-electron chi connectivity index (χ1n) is 9.02. The second kappa shape index (κ2) is 9.08. The van der Waals surface area contributed by atoms with Crippen LogP contribution >= 0.6 is 22.9 Å². The zero-order chi connectivity index (χ0) is 22.7. The SMILES string of the molecule is O=C(Nc1ccc(F)cc1)c1nnc(/C(Cl)=C/c2ccc(-c3ccc([N+](=O)[O-])cc3)o2)s1. The van der Waals surface area contributed by atoms with E-state index in [0.717, 1.165) is 11.3 Å². The summed E-state index contributed by atoms with van der Waals surface area (Å²) in [6, 6.07) is 14.7. The van der Waals surface area contributed by atoms with Crippen LogP contribution in [0.15, 0.2) is 65.1 Å². The maximum Gasteiger partial charge on any atom is 0.286 e. The van der Waals surface area contributed by atoms with Gasteiger partial charge in [0.2, 0.25) is 5.01 Å². The molecule has 2 aromatic heterocycles. The van der Waals surface area contributed by atoms with Gasteiger partial charge in [-0.15, -0.1) is 10.2 Å². The predicted octanol–water partition coefficient (Wildman–Crippen LogP) is 5.83. The maximum absolute atomic E-state index is 13.0. The molecule has 4 rings (SSSR count). The number of nitro groups is 1. The highest BCUT2D eigenvalue weighted by atomic mass is 35.5. The van der Waals surface area contributed by atoms with Crippen LogP contribution in [0, 0.1) is 15.9 Å². The number of benzene rings is 2. The van der Waals surface area contributed by atoms with Crippen molar-refractivity contribution in [3.8, 4) is 11.3 Å². The second-order valence-corrected chi connectivity index (χ2v) is 7.76. The summed E-state index contributed by atoms with van der Waals surface area (Å²) < 4.78 is 18.7. The van der Waals surface area contributed by atoms with Gasteiger partial charge < -0.3 is 9.73 Å². The summed E-state index contributed by atoms with van der Waals surface area (Å²) in [6.07, 6.45) is 1.53. The largest absolute Gasteiger partial charge is 0.457 e. The van der Waals surface area contributed by atoms with Gasteiger partial charge in [-0.3, -0.25) is 14.9 Å². The summed E-state index contributed by atoms with van der Waals surface area (Å²) in [5.41, 5.74) is 1.07. The normalized spacial score (nSPS) is 11.4. The van der Waals surface area contributed by atoms with Gasteiger partial charge in [0.25, 0.3) is 11.6 Å². The fraction of sp³-hybridized carbons (Fsp3) is 0. The number of carbonyl (C=O) groups is 1. The van der Waals surface area contributed by atoms with E-state index >= 15 is 0 Å². The van der Waals surface area contributed by atoms with Crippen LogP contribution in [0.4, 0.5) is 15.8 Å². The Kier molecular flexibility index (Phi) is 6.06. The van der Waals surface area contributed by atoms with Crippen molar-refractivity contribution in [3.05, 3.63) is 92.4 Å². The third-order valence-corrected chi connectivity index (χ3v) is 5.54. The van der Waals surface area contributed by atoms with Gasteiger partial charge in [-0.1, -0.05) is 22.9 Å². The number of non-ortho nitro benzene ring substituents is 1. The summed E-state index contributed by atoms with van der Waals surface area (Å²) in [5.74, 6) is 0.0270. The van der Waals surface area contributed by atoms with Crippen molar-refractivity contribution in [2.75, 3.05) is 5.32 Å². The monoisotopic (exact) mass is 470 g/mol. The Morgan fingerprint density at radius 2 is 1.75 bits per heavy atom. The molecule has 2 heterocycles. The quantitative estimate of drug-likeness (QED) is 0.280. The van der Waals surface area contributed by atoms with Crippen molar-refractivity contribution in [2.24, 2.45) is 0 Å². The molecule has 0 bridgehead atoms. The lowest BCUT2D eigenvalue weighted by atomic mass is 10.1. The number of halogens is 2. The Morgan fingerprint density at radius 1 is 1.06 bits per heavy atom. The third kappa shape index (κ3) is 4.88. The molecule has 0 radical (unpaired) electrons. The van der Waals surface area contributed by atoms with Gasteiger partial charge >= 0.3 is 0 Å². The molecule has 0 saturated carbocycles. The van der Waals surface area contributed by atoms with Crippen LogP contribution in [0.25, 0.3) is 22.4 Å². The van der Waals surface area contributed by atoms with Gasteiger partial charge in [-0.2, -0.15) is 0 Å². The molecule has 8 nitrogen and oxygen atoms in total. The number of hydrogen-bond acceptors (Lipinski definition) is 7. The molecule has 0 spiro atoms. The van der Waals surface area contributed by atoms with Crippen LogP contribution in [0.1, 0.15) is 20.6 Å². The van der Waals surface area contributed by atoms with Crippen molar-refractivity contribution < 1.29 is 18.5 Å². The zero-order valence-corrected chi connectivity index (χ0v) is 17.6. The summed E-state index contributed by atoms with van der Waals surface area (Å²) in [5, 5.41) is 21.7. The van der Waals surface area contributed by atoms with Crippen LogP contribution in [0.5, 0.6) is 0 Å². The maximum atomic E-state index is 13.0. The first-order chi connectivity index (χ1) is 15.4. The third-order valence-electron chi connectivity index (χ3n) is 4.18. The predicted molar refractivity (Wildman–Crippen MR) is 119 cm³/mol. The van der Waals surface area contributed by atoms with E-state index in [1.807, 2.05) is 0 Å². The summed E-state index contributed by atoms with van der Waals surface area (Å²) >= 11 is 7.29. The molecular weight excluding hydrogens is 459 g/mol. The van der Waals surface area contributed by atoms with E-state index in [1.54, 1.807) is 24.3 Å². The Hall–Kier alpha value is -3.89. The average molecular weight is 471 g/mol. The van der Waals surface area contributed by atoms with Crippen molar-refractivity contribution in [1.82, 2.24) is 10.2 Å². The van der Waals surface area contributed by atoms with E-state index < -0.39 is 16.6 Å². The van der Waals surface area contributed by atoms with Crippen LogP contribution in [0.3, 0.4) is 0 Å². The van der Waals surface area contributed by atoms with Gasteiger partial charge in [-0.25, -0.2) is 4.39 Å². The number of nitro benzene ring substituents is 1. The van der Waals surface area contributed by atoms with Crippen LogP contribution in [-0.2, 0) is 0 Å². The first kappa shape index (κ1) is 21.3. The van der Waals surface area contributed by atoms with E-state index in [2.05, 4.69) is 15.5 Å². The molecule has 11 heteroatoms. The van der Waals surface area contributed by atoms with E-state index in [-0.39, 0.29) is 15.7 Å². The molecule has 1 amide bonds. The highest BCUT2D eigenvalue weighted by Gasteiger charge is 2.16. The standard InChI is InChI=1S/C21H12ClFN4O4S/c22-17(11-16-9-10-18(31-16)12-1-7-15(8-2-12)27(29)30)20-25-26-21(32-20)19(28)24-14-5-3-13(23)4-6-14/h1-11H,(H,24,28)/b17-11-. The number of aromatic nitrogens is 2. The highest BCUT2D eigenvalue weighted by molar-refractivity contribution is 7.15. The lowest BCUT2D eigenvalue weighted by Crippen LogP contribution is -2.11. The van der Waals surface area contributed by atoms with Gasteiger partial charge in [0.1, 0.15) is 17.3 Å². The van der Waals surface area contributed by atoms with E-state index in [9.17, 15) is 19.3 Å². The Morgan fingerprint density at radius 3 is 2.44 bits per heavy atom. The van der Waals surface area contributed by atoms with Crippen molar-refractivity contribution >= 4 is 51.3 Å². The molecule has 4 aromatic rings. The van der Waals surface area contributed by atoms with E-state index in [4.69, 9.17) is 16.0 Å². The van der Waals surface area contributed by atoms with Gasteiger partial charge in [-0.05, 0) is 48.5 Å². The van der Waals surface area contributed by atoms with Crippen molar-refractivity contribution in [3.63, 3.8) is 0 Å². The molecule has 32 heavy (non-hydrogen) atoms. The molecule has 2 aromatic carbocycles. The smallest absolute Gasteiger partial charge is 0.286 e. The number of hydrogen-bond donors (Lipinski definition) is 1. The molecule has 0 atom stereocenters. The fourth-order valence-corrected chi connectivity index (χ4v) is 3.56. The van der Waals surface area contributed by atoms with Gasteiger partial charge in [0.15, 0.2) is 5.01 Å². The first-order valence-corrected chi connectivity index (χ1v) is 10.2. The fourth-order valence-electron chi connectivity index (χ4n) is 2.65. The minimum atomic E-state index is -0.497. The Bertz CT molecular complexity index is 1320. The molecule has 0 aliphatic rings. The summed E-state index contributed by atoms with van der Waals surface area (Å²) in [4.78, 5) is 22.6. The van der Waals surface area contributed by atoms with E-state index in [1.165, 1.54) is 42.5 Å². The molecule has 0 unspecified atom stereocenters. The lowest BCUT2D eigenvalue weighted by molar-refractivity contribution is -0.384. The summed E-state index contributed by atoms with van der Waals surface area (Å²) in [7, 11) is 0. The molecule has 1 N–H and O–H groups in total. The molecular formula is C21H12ClFN4O4S. The molecule has 0 aliphatic heterocycles. The molecule has 160 valence electrons. The molecule has 0 fully saturated rings. The summed E-state index contributed by atoms with van der Waals surface area (Å²) in [6.45, 7) is 0. The van der Waals surface area contributed by atoms with Gasteiger partial charge in [0, 0.05) is 29.5 Å². The number of furan rings is 1. The average Bonchev–Trinajstić information content (AvgIpc) is 3.45. The highest BCUT2D eigenvalue weighted by Crippen LogP contribution is 2.29. The minimum absolute atomic E-state index is 0.0148. The number of carbonyl (C=O) groups excluding carboxylic acids is 1. The van der Waals surface area contributed by atoms with Crippen LogP contribution in [0.2, 0.25) is 0 Å². The molecule has 0 saturated heterocycles. The number of nitrogens with zero attached hydrogens (tertiary/aromatic N) is 3.